The Labute approximate surface area is 106 Å². The topological polar surface area (TPSA) is 78.1 Å². The summed E-state index contributed by atoms with van der Waals surface area (Å²) in [6.07, 6.45) is 0. The Balaban J connectivity index is 2.16. The molecule has 5 nitrogen and oxygen atoms in total. The van der Waals surface area contributed by atoms with Crippen LogP contribution in [0.2, 0.25) is 0 Å². The molecule has 6 heteroatoms. The fourth-order valence-electron chi connectivity index (χ4n) is 1.16. The van der Waals surface area contributed by atoms with Crippen molar-refractivity contribution < 1.29 is 9.53 Å². The van der Waals surface area contributed by atoms with Crippen molar-refractivity contribution in [1.82, 2.24) is 10.2 Å². The van der Waals surface area contributed by atoms with E-state index in [1.165, 1.54) is 12.1 Å². The van der Waals surface area contributed by atoms with E-state index in [-0.39, 0.29) is 5.69 Å². The zero-order valence-electron chi connectivity index (χ0n) is 8.63. The van der Waals surface area contributed by atoms with Crippen molar-refractivity contribution in [3.05, 3.63) is 46.6 Å². The van der Waals surface area contributed by atoms with Gasteiger partial charge in [0.25, 0.3) is 5.91 Å². The van der Waals surface area contributed by atoms with E-state index in [0.29, 0.717) is 11.6 Å². The number of nitrogens with two attached hydrogens (primary N) is 1. The summed E-state index contributed by atoms with van der Waals surface area (Å²) < 4.78 is 6.34. The van der Waals surface area contributed by atoms with Crippen LogP contribution < -0.4 is 10.5 Å². The van der Waals surface area contributed by atoms with Crippen molar-refractivity contribution in [2.24, 2.45) is 5.73 Å². The van der Waals surface area contributed by atoms with Gasteiger partial charge in [0.05, 0.1) is 0 Å². The van der Waals surface area contributed by atoms with Crippen molar-refractivity contribution in [2.75, 3.05) is 0 Å². The number of benzene rings is 1. The zero-order chi connectivity index (χ0) is 12.3. The first-order valence-electron chi connectivity index (χ1n) is 4.72. The second-order valence-electron chi connectivity index (χ2n) is 3.18. The molecule has 0 saturated heterocycles. The van der Waals surface area contributed by atoms with Crippen LogP contribution in [0.5, 0.6) is 11.6 Å². The fraction of sp³-hybridized carbons (Fsp3) is 0. The van der Waals surface area contributed by atoms with E-state index in [0.717, 1.165) is 4.47 Å². The summed E-state index contributed by atoms with van der Waals surface area (Å²) in [4.78, 5) is 10.8. The SMILES string of the molecule is NC(=O)c1ccc(Oc2cccc(Br)c2)nn1. The number of ether oxygens (including phenoxy) is 1. The molecule has 0 atom stereocenters. The van der Waals surface area contributed by atoms with Gasteiger partial charge in [-0.3, -0.25) is 4.79 Å². The summed E-state index contributed by atoms with van der Waals surface area (Å²) in [5.41, 5.74) is 5.15. The van der Waals surface area contributed by atoms with Crippen LogP contribution in [0.15, 0.2) is 40.9 Å². The van der Waals surface area contributed by atoms with Gasteiger partial charge in [-0.25, -0.2) is 0 Å². The van der Waals surface area contributed by atoms with Gasteiger partial charge < -0.3 is 10.5 Å². The van der Waals surface area contributed by atoms with E-state index in [1.54, 1.807) is 12.1 Å². The molecule has 1 heterocycles. The van der Waals surface area contributed by atoms with Gasteiger partial charge in [0.1, 0.15) is 5.75 Å². The van der Waals surface area contributed by atoms with Gasteiger partial charge in [-0.05, 0) is 24.3 Å². The molecule has 0 aliphatic rings. The number of rotatable bonds is 3. The zero-order valence-corrected chi connectivity index (χ0v) is 10.2. The van der Waals surface area contributed by atoms with Crippen LogP contribution in [0.3, 0.4) is 0 Å². The smallest absolute Gasteiger partial charge is 0.269 e. The predicted octanol–water partition coefficient (Wildman–Crippen LogP) is 2.13. The number of hydrogen-bond donors (Lipinski definition) is 1. The van der Waals surface area contributed by atoms with Gasteiger partial charge in [-0.15, -0.1) is 10.2 Å². The molecule has 2 aromatic rings. The summed E-state index contributed by atoms with van der Waals surface area (Å²) in [5.74, 6) is 0.306. The summed E-state index contributed by atoms with van der Waals surface area (Å²) in [6.45, 7) is 0. The Kier molecular flexibility index (Phi) is 3.34. The van der Waals surface area contributed by atoms with Gasteiger partial charge in [-0.1, -0.05) is 22.0 Å². The maximum atomic E-state index is 10.8. The van der Waals surface area contributed by atoms with Crippen LogP contribution in [0.4, 0.5) is 0 Å². The first-order valence-corrected chi connectivity index (χ1v) is 5.51. The molecule has 0 aliphatic heterocycles. The molecule has 1 amide bonds. The summed E-state index contributed by atoms with van der Waals surface area (Å²) >= 11 is 3.33. The number of carbonyl (C=O) groups excluding carboxylic acids is 1. The summed E-state index contributed by atoms with van der Waals surface area (Å²) in [5, 5.41) is 7.37. The lowest BCUT2D eigenvalue weighted by molar-refractivity contribution is 0.0994. The Morgan fingerprint density at radius 3 is 2.65 bits per heavy atom. The molecule has 0 saturated carbocycles. The second-order valence-corrected chi connectivity index (χ2v) is 4.10. The van der Waals surface area contributed by atoms with Crippen LogP contribution in [0, 0.1) is 0 Å². The first-order chi connectivity index (χ1) is 8.15. The second kappa shape index (κ2) is 4.92. The number of primary amides is 1. The lowest BCUT2D eigenvalue weighted by atomic mass is 10.3. The van der Waals surface area contributed by atoms with Gasteiger partial charge in [-0.2, -0.15) is 0 Å². The van der Waals surface area contributed by atoms with Crippen LogP contribution in [-0.4, -0.2) is 16.1 Å². The van der Waals surface area contributed by atoms with Crippen molar-refractivity contribution in [3.63, 3.8) is 0 Å². The minimum atomic E-state index is -0.619. The van der Waals surface area contributed by atoms with Crippen LogP contribution in [0.1, 0.15) is 10.5 Å². The molecule has 2 rings (SSSR count). The highest BCUT2D eigenvalue weighted by atomic mass is 79.9. The third kappa shape index (κ3) is 3.01. The van der Waals surface area contributed by atoms with Gasteiger partial charge in [0, 0.05) is 10.5 Å². The minimum absolute atomic E-state index is 0.103. The molecule has 0 unspecified atom stereocenters. The van der Waals surface area contributed by atoms with Crippen molar-refractivity contribution >= 4 is 21.8 Å². The van der Waals surface area contributed by atoms with Crippen molar-refractivity contribution in [3.8, 4) is 11.6 Å². The number of aromatic nitrogens is 2. The lowest BCUT2D eigenvalue weighted by Crippen LogP contribution is -2.13. The average Bonchev–Trinajstić information content (AvgIpc) is 2.29. The molecular weight excluding hydrogens is 286 g/mol. The van der Waals surface area contributed by atoms with Gasteiger partial charge in [0.15, 0.2) is 5.69 Å². The maximum Gasteiger partial charge on any atom is 0.269 e. The normalized spacial score (nSPS) is 9.94. The van der Waals surface area contributed by atoms with E-state index >= 15 is 0 Å². The molecule has 0 bridgehead atoms. The molecule has 1 aromatic carbocycles. The van der Waals surface area contributed by atoms with Gasteiger partial charge in [0.2, 0.25) is 5.88 Å². The average molecular weight is 294 g/mol. The molecule has 2 N–H and O–H groups in total. The Morgan fingerprint density at radius 2 is 2.06 bits per heavy atom. The Bertz CT molecular complexity index is 543. The van der Waals surface area contributed by atoms with E-state index in [9.17, 15) is 4.79 Å². The number of halogens is 1. The minimum Gasteiger partial charge on any atom is -0.437 e. The van der Waals surface area contributed by atoms with Crippen molar-refractivity contribution in [2.45, 2.75) is 0 Å². The lowest BCUT2D eigenvalue weighted by Gasteiger charge is -2.04. The van der Waals surface area contributed by atoms with E-state index < -0.39 is 5.91 Å². The monoisotopic (exact) mass is 293 g/mol. The molecule has 0 spiro atoms. The predicted molar refractivity (Wildman–Crippen MR) is 64.8 cm³/mol. The fourth-order valence-corrected chi connectivity index (χ4v) is 1.54. The third-order valence-electron chi connectivity index (χ3n) is 1.91. The number of carbonyl (C=O) groups is 1. The highest BCUT2D eigenvalue weighted by Gasteiger charge is 2.04. The van der Waals surface area contributed by atoms with Crippen LogP contribution in [-0.2, 0) is 0 Å². The molecule has 0 fully saturated rings. The van der Waals surface area contributed by atoms with Crippen molar-refractivity contribution in [1.29, 1.82) is 0 Å². The Morgan fingerprint density at radius 1 is 1.24 bits per heavy atom. The quantitative estimate of drug-likeness (QED) is 0.940. The number of nitrogens with zero attached hydrogens (tertiary/aromatic N) is 2. The summed E-state index contributed by atoms with van der Waals surface area (Å²) in [7, 11) is 0. The maximum absolute atomic E-state index is 10.8. The first kappa shape index (κ1) is 11.5. The largest absolute Gasteiger partial charge is 0.437 e. The standard InChI is InChI=1S/C11H8BrN3O2/c12-7-2-1-3-8(6-7)17-10-5-4-9(11(13)16)14-15-10/h1-6H,(H2,13,16). The molecule has 1 aromatic heterocycles. The van der Waals surface area contributed by atoms with E-state index in [1.807, 2.05) is 12.1 Å². The highest BCUT2D eigenvalue weighted by Crippen LogP contribution is 2.22. The molecular formula is C11H8BrN3O2. The molecule has 17 heavy (non-hydrogen) atoms. The van der Waals surface area contributed by atoms with E-state index in [4.69, 9.17) is 10.5 Å². The number of amides is 1. The van der Waals surface area contributed by atoms with Crippen LogP contribution in [0.25, 0.3) is 0 Å². The molecule has 0 radical (unpaired) electrons. The summed E-state index contributed by atoms with van der Waals surface area (Å²) in [6, 6.07) is 10.3. The number of hydrogen-bond acceptors (Lipinski definition) is 4. The van der Waals surface area contributed by atoms with Crippen LogP contribution >= 0.6 is 15.9 Å². The third-order valence-corrected chi connectivity index (χ3v) is 2.40. The van der Waals surface area contributed by atoms with E-state index in [2.05, 4.69) is 26.1 Å². The van der Waals surface area contributed by atoms with Gasteiger partial charge >= 0.3 is 0 Å². The highest BCUT2D eigenvalue weighted by molar-refractivity contribution is 9.10. The molecule has 86 valence electrons. The Hall–Kier alpha value is -1.95. The molecule has 0 aliphatic carbocycles.